The molecule has 1 N–H and O–H groups in total. The first kappa shape index (κ1) is 9.37. The summed E-state index contributed by atoms with van der Waals surface area (Å²) in [6.07, 6.45) is 3.29. The van der Waals surface area contributed by atoms with E-state index in [2.05, 4.69) is 47.5 Å². The fraction of sp³-hybridized carbons (Fsp3) is 0.538. The van der Waals surface area contributed by atoms with E-state index in [1.165, 1.54) is 24.9 Å². The fourth-order valence-corrected chi connectivity index (χ4v) is 2.91. The molecule has 2 nitrogen and oxygen atoms in total. The summed E-state index contributed by atoms with van der Waals surface area (Å²) in [6.45, 7) is 3.52. The molecule has 3 unspecified atom stereocenters. The Labute approximate surface area is 91.3 Å². The van der Waals surface area contributed by atoms with Gasteiger partial charge in [0.15, 0.2) is 0 Å². The highest BCUT2D eigenvalue weighted by atomic mass is 15.4. The normalized spacial score (nSPS) is 35.7. The minimum Gasteiger partial charge on any atom is -0.294 e. The van der Waals surface area contributed by atoms with Crippen molar-refractivity contribution in [3.63, 3.8) is 0 Å². The van der Waals surface area contributed by atoms with E-state index in [9.17, 15) is 0 Å². The van der Waals surface area contributed by atoms with Gasteiger partial charge in [-0.2, -0.15) is 0 Å². The lowest BCUT2D eigenvalue weighted by atomic mass is 10.1. The summed E-state index contributed by atoms with van der Waals surface area (Å²) in [6, 6.07) is 12.1. The molecule has 0 aliphatic carbocycles. The van der Waals surface area contributed by atoms with Crippen molar-refractivity contribution in [1.82, 2.24) is 10.2 Å². The van der Waals surface area contributed by atoms with Crippen molar-refractivity contribution in [1.29, 1.82) is 0 Å². The molecule has 0 aromatic heterocycles. The zero-order valence-electron chi connectivity index (χ0n) is 9.19. The van der Waals surface area contributed by atoms with E-state index in [-0.39, 0.29) is 0 Å². The summed E-state index contributed by atoms with van der Waals surface area (Å²) in [7, 11) is 0. The van der Waals surface area contributed by atoms with Gasteiger partial charge in [-0.25, -0.2) is 0 Å². The number of fused-ring (bicyclic) bond motifs is 1. The van der Waals surface area contributed by atoms with Crippen LogP contribution in [-0.4, -0.2) is 23.7 Å². The van der Waals surface area contributed by atoms with Crippen molar-refractivity contribution in [3.05, 3.63) is 35.9 Å². The number of nitrogens with one attached hydrogen (secondary N) is 1. The van der Waals surface area contributed by atoms with E-state index in [4.69, 9.17) is 0 Å². The first-order chi connectivity index (χ1) is 7.34. The summed E-state index contributed by atoms with van der Waals surface area (Å²) in [5, 5.41) is 3.73. The smallest absolute Gasteiger partial charge is 0.0605 e. The molecule has 2 fully saturated rings. The van der Waals surface area contributed by atoms with Crippen molar-refractivity contribution in [2.45, 2.75) is 38.0 Å². The molecule has 2 aliphatic heterocycles. The van der Waals surface area contributed by atoms with Crippen LogP contribution in [0.1, 0.15) is 31.4 Å². The van der Waals surface area contributed by atoms with Crippen molar-refractivity contribution in [3.8, 4) is 0 Å². The van der Waals surface area contributed by atoms with Crippen LogP contribution in [0, 0.1) is 0 Å². The summed E-state index contributed by atoms with van der Waals surface area (Å²) in [5.74, 6) is 0. The van der Waals surface area contributed by atoms with Crippen LogP contribution in [0.2, 0.25) is 0 Å². The SMILES string of the molecule is CC1CCC2NC(c3ccccc3)CN12. The molecule has 0 saturated carbocycles. The maximum Gasteiger partial charge on any atom is 0.0605 e. The molecule has 2 aliphatic rings. The highest BCUT2D eigenvalue weighted by Gasteiger charge is 2.38. The van der Waals surface area contributed by atoms with Crippen LogP contribution in [0.25, 0.3) is 0 Å². The van der Waals surface area contributed by atoms with Gasteiger partial charge in [-0.05, 0) is 25.3 Å². The minimum atomic E-state index is 0.541. The van der Waals surface area contributed by atoms with Crippen LogP contribution in [0.4, 0.5) is 0 Å². The molecule has 3 rings (SSSR count). The molecule has 0 radical (unpaired) electrons. The van der Waals surface area contributed by atoms with E-state index in [1.54, 1.807) is 0 Å². The van der Waals surface area contributed by atoms with Gasteiger partial charge in [-0.15, -0.1) is 0 Å². The highest BCUT2D eigenvalue weighted by molar-refractivity contribution is 5.21. The number of hydrogen-bond acceptors (Lipinski definition) is 2. The second-order valence-corrected chi connectivity index (χ2v) is 4.77. The Morgan fingerprint density at radius 2 is 2.00 bits per heavy atom. The molecule has 0 amide bonds. The topological polar surface area (TPSA) is 15.3 Å². The predicted molar refractivity (Wildman–Crippen MR) is 61.5 cm³/mol. The van der Waals surface area contributed by atoms with Gasteiger partial charge in [0.05, 0.1) is 6.17 Å². The van der Waals surface area contributed by atoms with Crippen LogP contribution < -0.4 is 5.32 Å². The van der Waals surface area contributed by atoms with Gasteiger partial charge in [0, 0.05) is 18.6 Å². The maximum absolute atomic E-state index is 3.73. The first-order valence-electron chi connectivity index (χ1n) is 5.91. The molecule has 1 aromatic carbocycles. The Bertz CT molecular complexity index is 336. The largest absolute Gasteiger partial charge is 0.294 e. The van der Waals surface area contributed by atoms with Gasteiger partial charge in [-0.1, -0.05) is 30.3 Å². The summed E-state index contributed by atoms with van der Waals surface area (Å²) in [4.78, 5) is 2.61. The first-order valence-corrected chi connectivity index (χ1v) is 5.91. The van der Waals surface area contributed by atoms with E-state index in [0.717, 1.165) is 6.04 Å². The Morgan fingerprint density at radius 1 is 1.20 bits per heavy atom. The second-order valence-electron chi connectivity index (χ2n) is 4.77. The molecule has 2 heterocycles. The molecule has 0 spiro atoms. The van der Waals surface area contributed by atoms with Crippen LogP contribution in [0.3, 0.4) is 0 Å². The van der Waals surface area contributed by atoms with Crippen molar-refractivity contribution in [2.24, 2.45) is 0 Å². The molecule has 80 valence electrons. The second kappa shape index (κ2) is 3.62. The van der Waals surface area contributed by atoms with Gasteiger partial charge >= 0.3 is 0 Å². The molecule has 0 bridgehead atoms. The third-order valence-electron chi connectivity index (χ3n) is 3.81. The van der Waals surface area contributed by atoms with Crippen LogP contribution in [-0.2, 0) is 0 Å². The number of benzene rings is 1. The van der Waals surface area contributed by atoms with Crippen molar-refractivity contribution < 1.29 is 0 Å². The van der Waals surface area contributed by atoms with Crippen LogP contribution in [0.5, 0.6) is 0 Å². The molecule has 3 atom stereocenters. The van der Waals surface area contributed by atoms with E-state index < -0.39 is 0 Å². The monoisotopic (exact) mass is 202 g/mol. The average Bonchev–Trinajstić information content (AvgIpc) is 2.83. The molecule has 15 heavy (non-hydrogen) atoms. The minimum absolute atomic E-state index is 0.541. The average molecular weight is 202 g/mol. The zero-order chi connectivity index (χ0) is 10.3. The number of rotatable bonds is 1. The number of nitrogens with zero attached hydrogens (tertiary/aromatic N) is 1. The fourth-order valence-electron chi connectivity index (χ4n) is 2.91. The molecular formula is C13H18N2. The molecule has 2 heteroatoms. The number of hydrogen-bond donors (Lipinski definition) is 1. The molecule has 2 saturated heterocycles. The maximum atomic E-state index is 3.73. The van der Waals surface area contributed by atoms with Gasteiger partial charge < -0.3 is 0 Å². The summed E-state index contributed by atoms with van der Waals surface area (Å²) >= 11 is 0. The third kappa shape index (κ3) is 1.58. The van der Waals surface area contributed by atoms with Crippen molar-refractivity contribution >= 4 is 0 Å². The van der Waals surface area contributed by atoms with E-state index >= 15 is 0 Å². The van der Waals surface area contributed by atoms with Gasteiger partial charge in [0.1, 0.15) is 0 Å². The summed E-state index contributed by atoms with van der Waals surface area (Å²) in [5.41, 5.74) is 1.43. The lowest BCUT2D eigenvalue weighted by molar-refractivity contribution is 0.250. The Balaban J connectivity index is 1.77. The Kier molecular flexibility index (Phi) is 2.26. The van der Waals surface area contributed by atoms with Crippen LogP contribution in [0.15, 0.2) is 30.3 Å². The zero-order valence-corrected chi connectivity index (χ0v) is 9.19. The Morgan fingerprint density at radius 3 is 2.73 bits per heavy atom. The Hall–Kier alpha value is -0.860. The van der Waals surface area contributed by atoms with Gasteiger partial charge in [0.2, 0.25) is 0 Å². The van der Waals surface area contributed by atoms with Gasteiger partial charge in [-0.3, -0.25) is 10.2 Å². The van der Waals surface area contributed by atoms with Gasteiger partial charge in [0.25, 0.3) is 0 Å². The lowest BCUT2D eigenvalue weighted by Gasteiger charge is -2.18. The third-order valence-corrected chi connectivity index (χ3v) is 3.81. The highest BCUT2D eigenvalue weighted by Crippen LogP contribution is 2.32. The van der Waals surface area contributed by atoms with Crippen molar-refractivity contribution in [2.75, 3.05) is 6.54 Å². The quantitative estimate of drug-likeness (QED) is 0.750. The molecular weight excluding hydrogens is 184 g/mol. The lowest BCUT2D eigenvalue weighted by Crippen LogP contribution is -2.32. The standard InChI is InChI=1S/C13H18N2/c1-10-7-8-13-14-12(9-15(10)13)11-5-3-2-4-6-11/h2-6,10,12-14H,7-9H2,1H3. The van der Waals surface area contributed by atoms with E-state index in [0.29, 0.717) is 12.2 Å². The molecule has 1 aromatic rings. The van der Waals surface area contributed by atoms with E-state index in [1.807, 2.05) is 0 Å². The predicted octanol–water partition coefficient (Wildman–Crippen LogP) is 2.14. The summed E-state index contributed by atoms with van der Waals surface area (Å²) < 4.78 is 0. The van der Waals surface area contributed by atoms with Crippen LogP contribution >= 0.6 is 0 Å².